The molecule has 0 aliphatic carbocycles. The van der Waals surface area contributed by atoms with Crippen LogP contribution in [0.4, 0.5) is 5.69 Å². The van der Waals surface area contributed by atoms with Gasteiger partial charge in [0.25, 0.3) is 0 Å². The summed E-state index contributed by atoms with van der Waals surface area (Å²) in [6.45, 7) is 3.94. The van der Waals surface area contributed by atoms with Gasteiger partial charge >= 0.3 is 0 Å². The molecular weight excluding hydrogens is 304 g/mol. The van der Waals surface area contributed by atoms with Crippen molar-refractivity contribution in [3.8, 4) is 17.2 Å². The maximum absolute atomic E-state index is 11.9. The Kier molecular flexibility index (Phi) is 4.51. The Bertz CT molecular complexity index is 883. The highest BCUT2D eigenvalue weighted by atomic mass is 16.5. The van der Waals surface area contributed by atoms with Gasteiger partial charge in [0.05, 0.1) is 7.11 Å². The van der Waals surface area contributed by atoms with E-state index in [0.717, 1.165) is 34.5 Å². The van der Waals surface area contributed by atoms with Crippen LogP contribution in [0.3, 0.4) is 0 Å². The average molecular weight is 324 g/mol. The van der Waals surface area contributed by atoms with Gasteiger partial charge in [-0.3, -0.25) is 4.79 Å². The molecule has 0 fully saturated rings. The molecule has 0 radical (unpaired) electrons. The molecule has 3 aromatic rings. The Labute approximate surface area is 140 Å². The van der Waals surface area contributed by atoms with Gasteiger partial charge in [-0.2, -0.15) is 0 Å². The first kappa shape index (κ1) is 16.1. The molecule has 0 aliphatic rings. The Hall–Kier alpha value is -2.82. The predicted octanol–water partition coefficient (Wildman–Crippen LogP) is 4.55. The van der Waals surface area contributed by atoms with E-state index in [1.807, 2.05) is 50.2 Å². The molecule has 1 amide bonds. The van der Waals surface area contributed by atoms with Crippen LogP contribution in [0.2, 0.25) is 0 Å². The summed E-state index contributed by atoms with van der Waals surface area (Å²) < 4.78 is 11.0. The number of carbonyl (C=O) groups is 1. The Morgan fingerprint density at radius 2 is 2.08 bits per heavy atom. The zero-order valence-corrected chi connectivity index (χ0v) is 14.1. The topological polar surface area (TPSA) is 64.4 Å². The molecule has 1 aromatic heterocycles. The third-order valence-electron chi connectivity index (χ3n) is 3.83. The summed E-state index contributed by atoms with van der Waals surface area (Å²) in [5.74, 6) is 1.27. The highest BCUT2D eigenvalue weighted by molar-refractivity contribution is 5.92. The lowest BCUT2D eigenvalue weighted by molar-refractivity contribution is -0.116. The Balaban J connectivity index is 1.95. The van der Waals surface area contributed by atoms with Crippen LogP contribution in [-0.2, 0) is 4.79 Å². The number of nitrogens with one attached hydrogen (secondary N) is 1. The number of aryl methyl sites for hydroxylation is 1. The van der Waals surface area contributed by atoms with Gasteiger partial charge in [0.1, 0.15) is 11.3 Å². The van der Waals surface area contributed by atoms with Crippen molar-refractivity contribution in [2.24, 2.45) is 0 Å². The van der Waals surface area contributed by atoms with Crippen molar-refractivity contribution in [2.75, 3.05) is 12.4 Å². The van der Waals surface area contributed by atoms with E-state index in [-0.39, 0.29) is 5.91 Å². The Morgan fingerprint density at radius 3 is 2.83 bits per heavy atom. The second kappa shape index (κ2) is 6.74. The molecule has 24 heavy (non-hydrogen) atoms. The van der Waals surface area contributed by atoms with Gasteiger partial charge in [-0.15, -0.1) is 0 Å². The molecular formula is C19H20N2O3. The normalized spacial score (nSPS) is 10.8. The lowest BCUT2D eigenvalue weighted by Gasteiger charge is -2.09. The number of fused-ring (bicyclic) bond motifs is 1. The monoisotopic (exact) mass is 324 g/mol. The minimum absolute atomic E-state index is 0.0139. The minimum Gasteiger partial charge on any atom is -0.497 e. The highest BCUT2D eigenvalue weighted by Gasteiger charge is 2.12. The smallest absolute Gasteiger partial charge is 0.227 e. The first-order valence-electron chi connectivity index (χ1n) is 7.96. The number of amides is 1. The van der Waals surface area contributed by atoms with Crippen molar-refractivity contribution in [3.05, 3.63) is 42.0 Å². The average Bonchev–Trinajstić information content (AvgIpc) is 3.00. The van der Waals surface area contributed by atoms with Gasteiger partial charge in [0.2, 0.25) is 11.8 Å². The van der Waals surface area contributed by atoms with Crippen LogP contribution in [0.15, 0.2) is 40.8 Å². The maximum atomic E-state index is 11.9. The molecule has 1 heterocycles. The zero-order chi connectivity index (χ0) is 17.1. The van der Waals surface area contributed by atoms with Gasteiger partial charge in [0, 0.05) is 23.7 Å². The van der Waals surface area contributed by atoms with Crippen LogP contribution >= 0.6 is 0 Å². The van der Waals surface area contributed by atoms with Crippen molar-refractivity contribution < 1.29 is 13.9 Å². The molecule has 0 bridgehead atoms. The molecule has 0 saturated carbocycles. The van der Waals surface area contributed by atoms with E-state index in [4.69, 9.17) is 9.15 Å². The highest BCUT2D eigenvalue weighted by Crippen LogP contribution is 2.29. The van der Waals surface area contributed by atoms with E-state index in [1.54, 1.807) is 7.11 Å². The van der Waals surface area contributed by atoms with Crippen LogP contribution < -0.4 is 10.1 Å². The largest absolute Gasteiger partial charge is 0.497 e. The lowest BCUT2D eigenvalue weighted by Crippen LogP contribution is -2.11. The van der Waals surface area contributed by atoms with Gasteiger partial charge in [0.15, 0.2) is 5.58 Å². The van der Waals surface area contributed by atoms with Crippen molar-refractivity contribution in [2.45, 2.75) is 26.7 Å². The summed E-state index contributed by atoms with van der Waals surface area (Å²) >= 11 is 0. The van der Waals surface area contributed by atoms with E-state index in [0.29, 0.717) is 17.9 Å². The standard InChI is InChI=1S/C19H20N2O3/c1-4-5-18(22)20-15-10-13(7-6-12(15)2)19-21-16-11-14(23-3)8-9-17(16)24-19/h6-11H,4-5H2,1-3H3,(H,20,22). The number of hydrogen-bond donors (Lipinski definition) is 1. The van der Waals surface area contributed by atoms with Crippen LogP contribution in [0, 0.1) is 6.92 Å². The van der Waals surface area contributed by atoms with E-state index < -0.39 is 0 Å². The van der Waals surface area contributed by atoms with Gasteiger partial charge in [-0.1, -0.05) is 13.0 Å². The third kappa shape index (κ3) is 3.25. The van der Waals surface area contributed by atoms with Crippen LogP contribution in [-0.4, -0.2) is 18.0 Å². The molecule has 5 heteroatoms. The molecule has 3 rings (SSSR count). The van der Waals surface area contributed by atoms with Crippen LogP contribution in [0.1, 0.15) is 25.3 Å². The fraction of sp³-hybridized carbons (Fsp3) is 0.263. The number of ether oxygens (including phenoxy) is 1. The number of aromatic nitrogens is 1. The third-order valence-corrected chi connectivity index (χ3v) is 3.83. The Morgan fingerprint density at radius 1 is 1.25 bits per heavy atom. The molecule has 0 aliphatic heterocycles. The first-order valence-corrected chi connectivity index (χ1v) is 7.96. The van der Waals surface area contributed by atoms with Crippen molar-refractivity contribution in [1.82, 2.24) is 4.98 Å². The number of methoxy groups -OCH3 is 1. The van der Waals surface area contributed by atoms with Gasteiger partial charge in [-0.25, -0.2) is 4.98 Å². The number of benzene rings is 2. The zero-order valence-electron chi connectivity index (χ0n) is 14.1. The van der Waals surface area contributed by atoms with E-state index in [1.165, 1.54) is 0 Å². The lowest BCUT2D eigenvalue weighted by atomic mass is 10.1. The summed E-state index contributed by atoms with van der Waals surface area (Å²) in [4.78, 5) is 16.4. The predicted molar refractivity (Wildman–Crippen MR) is 94.3 cm³/mol. The number of oxazole rings is 1. The SMILES string of the molecule is CCCC(=O)Nc1cc(-c2nc3cc(OC)ccc3o2)ccc1C. The number of carbonyl (C=O) groups excluding carboxylic acids is 1. The molecule has 5 nitrogen and oxygen atoms in total. The molecule has 2 aromatic carbocycles. The van der Waals surface area contributed by atoms with E-state index in [2.05, 4.69) is 10.3 Å². The summed E-state index contributed by atoms with van der Waals surface area (Å²) in [5, 5.41) is 2.94. The van der Waals surface area contributed by atoms with Crippen molar-refractivity contribution in [3.63, 3.8) is 0 Å². The second-order valence-electron chi connectivity index (χ2n) is 5.68. The summed E-state index contributed by atoms with van der Waals surface area (Å²) in [6, 6.07) is 11.3. The number of anilines is 1. The second-order valence-corrected chi connectivity index (χ2v) is 5.68. The summed E-state index contributed by atoms with van der Waals surface area (Å²) in [7, 11) is 1.62. The number of hydrogen-bond acceptors (Lipinski definition) is 4. The summed E-state index contributed by atoms with van der Waals surface area (Å²) in [6.07, 6.45) is 1.32. The first-order chi connectivity index (χ1) is 11.6. The quantitative estimate of drug-likeness (QED) is 0.748. The van der Waals surface area contributed by atoms with Crippen molar-refractivity contribution in [1.29, 1.82) is 0 Å². The van der Waals surface area contributed by atoms with Crippen LogP contribution in [0.5, 0.6) is 5.75 Å². The molecule has 124 valence electrons. The molecule has 0 atom stereocenters. The molecule has 0 spiro atoms. The van der Waals surface area contributed by atoms with E-state index >= 15 is 0 Å². The van der Waals surface area contributed by atoms with Gasteiger partial charge < -0.3 is 14.5 Å². The molecule has 1 N–H and O–H groups in total. The minimum atomic E-state index is 0.0139. The molecule has 0 saturated heterocycles. The maximum Gasteiger partial charge on any atom is 0.227 e. The fourth-order valence-electron chi connectivity index (χ4n) is 2.49. The van der Waals surface area contributed by atoms with E-state index in [9.17, 15) is 4.79 Å². The summed E-state index contributed by atoms with van der Waals surface area (Å²) in [5.41, 5.74) is 4.04. The van der Waals surface area contributed by atoms with Gasteiger partial charge in [-0.05, 0) is 43.2 Å². The molecule has 0 unspecified atom stereocenters. The van der Waals surface area contributed by atoms with Crippen molar-refractivity contribution >= 4 is 22.7 Å². The number of rotatable bonds is 5. The number of nitrogens with zero attached hydrogens (tertiary/aromatic N) is 1. The fourth-order valence-corrected chi connectivity index (χ4v) is 2.49. The van der Waals surface area contributed by atoms with Crippen LogP contribution in [0.25, 0.3) is 22.6 Å².